The highest BCUT2D eigenvalue weighted by atomic mass is 16.5. The topological polar surface area (TPSA) is 50.1 Å². The number of carbonyl (C=O) groups excluding carboxylic acids is 1. The van der Waals surface area contributed by atoms with Crippen LogP contribution in [-0.4, -0.2) is 12.6 Å². The average Bonchev–Trinajstić information content (AvgIpc) is 2.48. The third kappa shape index (κ3) is 2.38. The second-order valence-electron chi connectivity index (χ2n) is 4.42. The van der Waals surface area contributed by atoms with Crippen molar-refractivity contribution < 1.29 is 9.53 Å². The van der Waals surface area contributed by atoms with Crippen molar-refractivity contribution in [3.8, 4) is 6.07 Å². The highest BCUT2D eigenvalue weighted by Gasteiger charge is 2.33. The summed E-state index contributed by atoms with van der Waals surface area (Å²) in [6, 6.07) is 1.99. The molecule has 0 heterocycles. The van der Waals surface area contributed by atoms with Crippen LogP contribution in [0.1, 0.15) is 40.0 Å². The van der Waals surface area contributed by atoms with Crippen molar-refractivity contribution in [2.24, 2.45) is 5.41 Å². The van der Waals surface area contributed by atoms with Crippen LogP contribution < -0.4 is 0 Å². The first-order valence-corrected chi connectivity index (χ1v) is 5.33. The van der Waals surface area contributed by atoms with Crippen LogP contribution in [-0.2, 0) is 9.53 Å². The van der Waals surface area contributed by atoms with Crippen LogP contribution in [0.5, 0.6) is 0 Å². The maximum Gasteiger partial charge on any atom is 0.348 e. The highest BCUT2D eigenvalue weighted by Crippen LogP contribution is 2.43. The molecular weight excluding hydrogens is 190 g/mol. The molecule has 1 fully saturated rings. The zero-order valence-electron chi connectivity index (χ0n) is 9.59. The van der Waals surface area contributed by atoms with Crippen molar-refractivity contribution in [1.82, 2.24) is 0 Å². The Kier molecular flexibility index (Phi) is 3.52. The van der Waals surface area contributed by atoms with Gasteiger partial charge in [0.15, 0.2) is 0 Å². The van der Waals surface area contributed by atoms with Gasteiger partial charge in [0.1, 0.15) is 11.6 Å². The molecule has 0 aromatic rings. The van der Waals surface area contributed by atoms with Gasteiger partial charge in [0, 0.05) is 0 Å². The van der Waals surface area contributed by atoms with Crippen molar-refractivity contribution in [3.63, 3.8) is 0 Å². The number of carbonyl (C=O) groups is 1. The Morgan fingerprint density at radius 3 is 2.67 bits per heavy atom. The van der Waals surface area contributed by atoms with Crippen LogP contribution in [0.2, 0.25) is 0 Å². The maximum atomic E-state index is 11.5. The first-order chi connectivity index (χ1) is 7.03. The molecule has 0 unspecified atom stereocenters. The predicted octanol–water partition coefficient (Wildman–Crippen LogP) is 2.58. The lowest BCUT2D eigenvalue weighted by atomic mass is 9.84. The minimum Gasteiger partial charge on any atom is -0.462 e. The molecular formula is C12H17NO2. The van der Waals surface area contributed by atoms with Crippen LogP contribution in [0.3, 0.4) is 0 Å². The summed E-state index contributed by atoms with van der Waals surface area (Å²) < 4.78 is 4.88. The molecule has 3 nitrogen and oxygen atoms in total. The number of ether oxygens (including phenoxy) is 1. The molecule has 0 aliphatic heterocycles. The number of hydrogen-bond donors (Lipinski definition) is 0. The summed E-state index contributed by atoms with van der Waals surface area (Å²) in [5.74, 6) is -0.468. The van der Waals surface area contributed by atoms with E-state index in [1.165, 1.54) is 0 Å². The summed E-state index contributed by atoms with van der Waals surface area (Å²) in [6.07, 6.45) is 2.93. The molecule has 82 valence electrons. The van der Waals surface area contributed by atoms with Gasteiger partial charge in [-0.2, -0.15) is 5.26 Å². The molecule has 0 amide bonds. The molecule has 1 rings (SSSR count). The van der Waals surface area contributed by atoms with Crippen molar-refractivity contribution in [1.29, 1.82) is 5.26 Å². The predicted molar refractivity (Wildman–Crippen MR) is 56.9 cm³/mol. The fourth-order valence-corrected chi connectivity index (χ4v) is 2.10. The minimum absolute atomic E-state index is 0.0299. The van der Waals surface area contributed by atoms with E-state index in [4.69, 9.17) is 10.00 Å². The summed E-state index contributed by atoms with van der Waals surface area (Å²) in [5.41, 5.74) is 1.15. The van der Waals surface area contributed by atoms with Gasteiger partial charge in [0.05, 0.1) is 6.61 Å². The van der Waals surface area contributed by atoms with E-state index in [-0.39, 0.29) is 11.0 Å². The van der Waals surface area contributed by atoms with Gasteiger partial charge in [0.2, 0.25) is 0 Å². The lowest BCUT2D eigenvalue weighted by Crippen LogP contribution is -2.15. The molecule has 1 saturated carbocycles. The highest BCUT2D eigenvalue weighted by molar-refractivity contribution is 5.94. The molecule has 0 bridgehead atoms. The monoisotopic (exact) mass is 207 g/mol. The van der Waals surface area contributed by atoms with E-state index in [9.17, 15) is 4.79 Å². The number of esters is 1. The normalized spacial score (nSPS) is 22.0. The summed E-state index contributed by atoms with van der Waals surface area (Å²) in [6.45, 7) is 6.22. The SMILES string of the molecule is CCOC(=O)/C(C#N)=C1/CCCC1(C)C. The summed E-state index contributed by atoms with van der Waals surface area (Å²) in [5, 5.41) is 9.01. The first kappa shape index (κ1) is 11.8. The van der Waals surface area contributed by atoms with E-state index in [1.807, 2.05) is 6.07 Å². The van der Waals surface area contributed by atoms with Gasteiger partial charge in [-0.3, -0.25) is 0 Å². The molecule has 0 aromatic heterocycles. The maximum absolute atomic E-state index is 11.5. The lowest BCUT2D eigenvalue weighted by Gasteiger charge is -2.20. The summed E-state index contributed by atoms with van der Waals surface area (Å²) in [4.78, 5) is 11.5. The van der Waals surface area contributed by atoms with Crippen LogP contribution in [0.15, 0.2) is 11.1 Å². The first-order valence-electron chi connectivity index (χ1n) is 5.33. The van der Waals surface area contributed by atoms with E-state index < -0.39 is 5.97 Å². The molecule has 0 spiro atoms. The Bertz CT molecular complexity index is 334. The minimum atomic E-state index is -0.468. The Balaban J connectivity index is 3.04. The van der Waals surface area contributed by atoms with Crippen molar-refractivity contribution in [3.05, 3.63) is 11.1 Å². The van der Waals surface area contributed by atoms with Gasteiger partial charge in [-0.05, 0) is 37.2 Å². The third-order valence-electron chi connectivity index (χ3n) is 2.94. The largest absolute Gasteiger partial charge is 0.462 e. The quantitative estimate of drug-likeness (QED) is 0.397. The van der Waals surface area contributed by atoms with Crippen molar-refractivity contribution >= 4 is 5.97 Å². The summed E-state index contributed by atoms with van der Waals surface area (Å²) in [7, 11) is 0. The molecule has 0 N–H and O–H groups in total. The van der Waals surface area contributed by atoms with E-state index in [0.29, 0.717) is 6.61 Å². The molecule has 0 aromatic carbocycles. The van der Waals surface area contributed by atoms with Gasteiger partial charge in [0.25, 0.3) is 0 Å². The smallest absolute Gasteiger partial charge is 0.348 e. The molecule has 0 radical (unpaired) electrons. The number of nitriles is 1. The van der Waals surface area contributed by atoms with Gasteiger partial charge in [-0.25, -0.2) is 4.79 Å². The molecule has 15 heavy (non-hydrogen) atoms. The van der Waals surface area contributed by atoms with E-state index in [0.717, 1.165) is 24.8 Å². The molecule has 0 saturated heterocycles. The average molecular weight is 207 g/mol. The van der Waals surface area contributed by atoms with Crippen LogP contribution in [0.4, 0.5) is 0 Å². The van der Waals surface area contributed by atoms with Crippen molar-refractivity contribution in [2.75, 3.05) is 6.61 Å². The fraction of sp³-hybridized carbons (Fsp3) is 0.667. The second-order valence-corrected chi connectivity index (χ2v) is 4.42. The fourth-order valence-electron chi connectivity index (χ4n) is 2.10. The Hall–Kier alpha value is -1.30. The number of nitrogens with zero attached hydrogens (tertiary/aromatic N) is 1. The lowest BCUT2D eigenvalue weighted by molar-refractivity contribution is -0.138. The van der Waals surface area contributed by atoms with E-state index in [1.54, 1.807) is 6.92 Å². The van der Waals surface area contributed by atoms with Crippen LogP contribution in [0.25, 0.3) is 0 Å². The number of allylic oxidation sites excluding steroid dienone is 1. The van der Waals surface area contributed by atoms with Gasteiger partial charge >= 0.3 is 5.97 Å². The molecule has 3 heteroatoms. The number of rotatable bonds is 2. The zero-order valence-corrected chi connectivity index (χ0v) is 9.59. The van der Waals surface area contributed by atoms with Gasteiger partial charge in [-0.15, -0.1) is 0 Å². The number of hydrogen-bond acceptors (Lipinski definition) is 3. The Morgan fingerprint density at radius 1 is 1.60 bits per heavy atom. The third-order valence-corrected chi connectivity index (χ3v) is 2.94. The zero-order chi connectivity index (χ0) is 11.5. The van der Waals surface area contributed by atoms with Gasteiger partial charge in [-0.1, -0.05) is 13.8 Å². The van der Waals surface area contributed by atoms with Gasteiger partial charge < -0.3 is 4.74 Å². The van der Waals surface area contributed by atoms with E-state index >= 15 is 0 Å². The van der Waals surface area contributed by atoms with Crippen molar-refractivity contribution in [2.45, 2.75) is 40.0 Å². The van der Waals surface area contributed by atoms with E-state index in [2.05, 4.69) is 13.8 Å². The molecule has 1 aliphatic carbocycles. The second kappa shape index (κ2) is 4.48. The Morgan fingerprint density at radius 2 is 2.27 bits per heavy atom. The summed E-state index contributed by atoms with van der Waals surface area (Å²) >= 11 is 0. The standard InChI is InChI=1S/C12H17NO2/c1-4-15-11(14)9(8-13)10-6-5-7-12(10,2)3/h4-7H2,1-3H3/b10-9-. The van der Waals surface area contributed by atoms with Crippen LogP contribution in [0, 0.1) is 16.7 Å². The Labute approximate surface area is 90.7 Å². The molecule has 1 aliphatic rings. The molecule has 0 atom stereocenters. The van der Waals surface area contributed by atoms with Crippen LogP contribution >= 0.6 is 0 Å².